The van der Waals surface area contributed by atoms with Gasteiger partial charge in [-0.2, -0.15) is 4.80 Å². The summed E-state index contributed by atoms with van der Waals surface area (Å²) >= 11 is 3.32. The number of pyridine rings is 1. The molecule has 2 rings (SSSR count). The standard InChI is InChI=1S/C9H11BrN6/c10-7-2-3-8(12-6-7)9-13-15-16(14-9)5-1-4-11/h2-3,6H,1,4-5,11H2. The fraction of sp³-hybridized carbons (Fsp3) is 0.333. The van der Waals surface area contributed by atoms with Crippen LogP contribution in [-0.2, 0) is 6.54 Å². The van der Waals surface area contributed by atoms with Gasteiger partial charge < -0.3 is 5.73 Å². The largest absolute Gasteiger partial charge is 0.330 e. The van der Waals surface area contributed by atoms with Gasteiger partial charge in [0.2, 0.25) is 5.82 Å². The van der Waals surface area contributed by atoms with E-state index >= 15 is 0 Å². The summed E-state index contributed by atoms with van der Waals surface area (Å²) in [6.07, 6.45) is 2.54. The molecular weight excluding hydrogens is 272 g/mol. The molecule has 2 aromatic rings. The fourth-order valence-electron chi connectivity index (χ4n) is 1.18. The molecule has 0 unspecified atom stereocenters. The van der Waals surface area contributed by atoms with Crippen molar-refractivity contribution < 1.29 is 0 Å². The Morgan fingerprint density at radius 2 is 2.25 bits per heavy atom. The lowest BCUT2D eigenvalue weighted by atomic mass is 10.3. The minimum atomic E-state index is 0.532. The molecule has 2 aromatic heterocycles. The quantitative estimate of drug-likeness (QED) is 0.899. The summed E-state index contributed by atoms with van der Waals surface area (Å²) in [5, 5.41) is 12.1. The third-order valence-corrected chi connectivity index (χ3v) is 2.44. The Balaban J connectivity index is 2.15. The van der Waals surface area contributed by atoms with Gasteiger partial charge in [-0.3, -0.25) is 4.98 Å². The van der Waals surface area contributed by atoms with E-state index in [1.165, 1.54) is 4.80 Å². The Bertz CT molecular complexity index is 451. The summed E-state index contributed by atoms with van der Waals surface area (Å²) in [6, 6.07) is 3.73. The number of nitrogens with zero attached hydrogens (tertiary/aromatic N) is 5. The molecule has 0 bridgehead atoms. The van der Waals surface area contributed by atoms with E-state index in [-0.39, 0.29) is 0 Å². The van der Waals surface area contributed by atoms with Crippen LogP contribution in [0.15, 0.2) is 22.8 Å². The van der Waals surface area contributed by atoms with Crippen LogP contribution < -0.4 is 5.73 Å². The molecule has 0 radical (unpaired) electrons. The van der Waals surface area contributed by atoms with Gasteiger partial charge in [-0.1, -0.05) is 0 Å². The van der Waals surface area contributed by atoms with Crippen molar-refractivity contribution in [3.8, 4) is 11.5 Å². The van der Waals surface area contributed by atoms with Crippen molar-refractivity contribution in [2.75, 3.05) is 6.54 Å². The molecule has 0 saturated carbocycles. The number of rotatable bonds is 4. The van der Waals surface area contributed by atoms with Gasteiger partial charge in [0.15, 0.2) is 0 Å². The highest BCUT2D eigenvalue weighted by atomic mass is 79.9. The van der Waals surface area contributed by atoms with Gasteiger partial charge in [0, 0.05) is 10.7 Å². The summed E-state index contributed by atoms with van der Waals surface area (Å²) in [5.41, 5.74) is 6.11. The zero-order valence-electron chi connectivity index (χ0n) is 8.54. The van der Waals surface area contributed by atoms with Crippen LogP contribution in [-0.4, -0.2) is 31.7 Å². The number of halogens is 1. The molecule has 0 amide bonds. The van der Waals surface area contributed by atoms with Gasteiger partial charge in [-0.25, -0.2) is 0 Å². The van der Waals surface area contributed by atoms with Crippen molar-refractivity contribution in [3.05, 3.63) is 22.8 Å². The molecule has 0 aliphatic carbocycles. The molecule has 0 fully saturated rings. The predicted molar refractivity (Wildman–Crippen MR) is 62.4 cm³/mol. The Kier molecular flexibility index (Phi) is 3.58. The molecule has 84 valence electrons. The highest BCUT2D eigenvalue weighted by Gasteiger charge is 2.06. The monoisotopic (exact) mass is 282 g/mol. The van der Waals surface area contributed by atoms with Crippen molar-refractivity contribution in [2.24, 2.45) is 5.73 Å². The van der Waals surface area contributed by atoms with E-state index in [2.05, 4.69) is 36.3 Å². The average Bonchev–Trinajstić information content (AvgIpc) is 2.76. The van der Waals surface area contributed by atoms with Gasteiger partial charge >= 0.3 is 0 Å². The minimum Gasteiger partial charge on any atom is -0.330 e. The molecule has 0 aromatic carbocycles. The van der Waals surface area contributed by atoms with Gasteiger partial charge in [-0.05, 0) is 46.2 Å². The molecule has 0 spiro atoms. The second-order valence-electron chi connectivity index (χ2n) is 3.21. The lowest BCUT2D eigenvalue weighted by molar-refractivity contribution is 0.504. The van der Waals surface area contributed by atoms with Crippen LogP contribution in [0.3, 0.4) is 0 Å². The van der Waals surface area contributed by atoms with E-state index in [1.807, 2.05) is 12.1 Å². The molecule has 16 heavy (non-hydrogen) atoms. The first-order valence-electron chi connectivity index (χ1n) is 4.89. The van der Waals surface area contributed by atoms with Crippen LogP contribution in [0.4, 0.5) is 0 Å². The number of aryl methyl sites for hydroxylation is 1. The molecule has 2 heterocycles. The Morgan fingerprint density at radius 1 is 1.38 bits per heavy atom. The number of hydrogen-bond acceptors (Lipinski definition) is 5. The van der Waals surface area contributed by atoms with Gasteiger partial charge in [-0.15, -0.1) is 10.2 Å². The first-order valence-corrected chi connectivity index (χ1v) is 5.68. The third kappa shape index (κ3) is 2.61. The SMILES string of the molecule is NCCCn1nnc(-c2ccc(Br)cn2)n1. The first-order chi connectivity index (χ1) is 7.79. The molecule has 0 atom stereocenters. The average molecular weight is 283 g/mol. The molecule has 0 aliphatic rings. The maximum atomic E-state index is 5.40. The van der Waals surface area contributed by atoms with Crippen molar-refractivity contribution in [3.63, 3.8) is 0 Å². The molecule has 0 saturated heterocycles. The number of hydrogen-bond donors (Lipinski definition) is 1. The maximum Gasteiger partial charge on any atom is 0.223 e. The normalized spacial score (nSPS) is 10.6. The van der Waals surface area contributed by atoms with Crippen LogP contribution in [0.5, 0.6) is 0 Å². The van der Waals surface area contributed by atoms with Crippen LogP contribution in [0, 0.1) is 0 Å². The molecular formula is C9H11BrN6. The minimum absolute atomic E-state index is 0.532. The highest BCUT2D eigenvalue weighted by molar-refractivity contribution is 9.10. The van der Waals surface area contributed by atoms with Crippen molar-refractivity contribution in [1.29, 1.82) is 0 Å². The van der Waals surface area contributed by atoms with E-state index < -0.39 is 0 Å². The second kappa shape index (κ2) is 5.13. The molecule has 7 heteroatoms. The zero-order chi connectivity index (χ0) is 11.4. The highest BCUT2D eigenvalue weighted by Crippen LogP contribution is 2.13. The van der Waals surface area contributed by atoms with Gasteiger partial charge in [0.25, 0.3) is 0 Å². The third-order valence-electron chi connectivity index (χ3n) is 1.97. The maximum absolute atomic E-state index is 5.40. The Hall–Kier alpha value is -1.34. The van der Waals surface area contributed by atoms with E-state index in [0.717, 1.165) is 10.9 Å². The van der Waals surface area contributed by atoms with Gasteiger partial charge in [0.1, 0.15) is 5.69 Å². The summed E-state index contributed by atoms with van der Waals surface area (Å²) in [5.74, 6) is 0.532. The summed E-state index contributed by atoms with van der Waals surface area (Å²) in [7, 11) is 0. The zero-order valence-corrected chi connectivity index (χ0v) is 10.1. The van der Waals surface area contributed by atoms with E-state index in [9.17, 15) is 0 Å². The molecule has 6 nitrogen and oxygen atoms in total. The van der Waals surface area contributed by atoms with Crippen LogP contribution in [0.25, 0.3) is 11.5 Å². The smallest absolute Gasteiger partial charge is 0.223 e. The lowest BCUT2D eigenvalue weighted by Gasteiger charge is -1.95. The fourth-order valence-corrected chi connectivity index (χ4v) is 1.42. The Morgan fingerprint density at radius 3 is 2.94 bits per heavy atom. The second-order valence-corrected chi connectivity index (χ2v) is 4.13. The summed E-state index contributed by atoms with van der Waals surface area (Å²) < 4.78 is 0.923. The van der Waals surface area contributed by atoms with E-state index in [4.69, 9.17) is 5.73 Å². The topological polar surface area (TPSA) is 82.5 Å². The van der Waals surface area contributed by atoms with Crippen LogP contribution in [0.1, 0.15) is 6.42 Å². The molecule has 0 aliphatic heterocycles. The van der Waals surface area contributed by atoms with E-state index in [1.54, 1.807) is 6.20 Å². The van der Waals surface area contributed by atoms with Crippen LogP contribution >= 0.6 is 15.9 Å². The van der Waals surface area contributed by atoms with Crippen molar-refractivity contribution in [2.45, 2.75) is 13.0 Å². The Labute approximate surface area is 101 Å². The number of aromatic nitrogens is 5. The predicted octanol–water partition coefficient (Wildman–Crippen LogP) is 0.846. The molecule has 2 N–H and O–H groups in total. The summed E-state index contributed by atoms with van der Waals surface area (Å²) in [6.45, 7) is 1.30. The number of nitrogens with two attached hydrogens (primary N) is 1. The van der Waals surface area contributed by atoms with Crippen molar-refractivity contribution >= 4 is 15.9 Å². The summed E-state index contributed by atoms with van der Waals surface area (Å²) in [4.78, 5) is 5.73. The van der Waals surface area contributed by atoms with Gasteiger partial charge in [0.05, 0.1) is 6.54 Å². The lowest BCUT2D eigenvalue weighted by Crippen LogP contribution is -2.08. The first kappa shape index (κ1) is 11.2. The van der Waals surface area contributed by atoms with Crippen LogP contribution in [0.2, 0.25) is 0 Å². The van der Waals surface area contributed by atoms with E-state index in [0.29, 0.717) is 24.6 Å². The van der Waals surface area contributed by atoms with Crippen molar-refractivity contribution in [1.82, 2.24) is 25.2 Å². The number of tetrazole rings is 1.